The molecular weight excluding hydrogens is 904 g/mol. The maximum atomic E-state index is 12.9. The molecule has 0 rings (SSSR count). The van der Waals surface area contributed by atoms with Crippen LogP contribution >= 0.6 is 7.82 Å². The zero-order chi connectivity index (χ0) is 51.3. The van der Waals surface area contributed by atoms with E-state index in [0.29, 0.717) is 19.3 Å². The Morgan fingerprint density at radius 3 is 1.11 bits per heavy atom. The first-order valence-corrected chi connectivity index (χ1v) is 29.7. The summed E-state index contributed by atoms with van der Waals surface area (Å²) in [5, 5.41) is 9.78. The minimum absolute atomic E-state index is 0.155. The molecule has 0 saturated heterocycles. The fourth-order valence-electron chi connectivity index (χ4n) is 7.51. The number of hydrogen-bond donors (Lipinski definition) is 2. The molecule has 0 heterocycles. The Hall–Kier alpha value is -2.82. The van der Waals surface area contributed by atoms with Crippen molar-refractivity contribution in [3.8, 4) is 0 Å². The zero-order valence-corrected chi connectivity index (χ0v) is 45.6. The van der Waals surface area contributed by atoms with Crippen molar-refractivity contribution in [2.45, 2.75) is 264 Å². The van der Waals surface area contributed by atoms with Gasteiger partial charge < -0.3 is 24.2 Å². The largest absolute Gasteiger partial charge is 0.472 e. The van der Waals surface area contributed by atoms with Gasteiger partial charge in [-0.1, -0.05) is 191 Å². The lowest BCUT2D eigenvalue weighted by atomic mass is 10.1. The number of aliphatic hydroxyl groups is 1. The van der Waals surface area contributed by atoms with Crippen molar-refractivity contribution < 1.29 is 52.2 Å². The summed E-state index contributed by atoms with van der Waals surface area (Å²) in [6.07, 6.45) is 56.0. The summed E-state index contributed by atoms with van der Waals surface area (Å²) in [4.78, 5) is 48.4. The van der Waals surface area contributed by atoms with Gasteiger partial charge in [-0.05, 0) is 103 Å². The van der Waals surface area contributed by atoms with Crippen molar-refractivity contribution in [1.82, 2.24) is 0 Å². The second-order valence-corrected chi connectivity index (χ2v) is 20.2. The van der Waals surface area contributed by atoms with E-state index < -0.39 is 57.8 Å². The number of carbonyl (C=O) groups is 3. The predicted octanol–water partition coefficient (Wildman–Crippen LogP) is 16.4. The van der Waals surface area contributed by atoms with E-state index >= 15 is 0 Å². The third kappa shape index (κ3) is 50.1. The van der Waals surface area contributed by atoms with Crippen LogP contribution in [0.3, 0.4) is 0 Å². The Morgan fingerprint density at radius 1 is 0.400 bits per heavy atom. The number of ether oxygens (including phenoxy) is 3. The summed E-state index contributed by atoms with van der Waals surface area (Å²) in [5.41, 5.74) is 0. The van der Waals surface area contributed by atoms with E-state index in [1.165, 1.54) is 70.6 Å². The Morgan fingerprint density at radius 2 is 0.714 bits per heavy atom. The third-order valence-corrected chi connectivity index (χ3v) is 12.8. The summed E-state index contributed by atoms with van der Waals surface area (Å²) in [5.74, 6) is -1.49. The molecule has 0 amide bonds. The molecule has 0 aliphatic rings. The molecule has 0 aliphatic carbocycles. The fourth-order valence-corrected chi connectivity index (χ4v) is 8.30. The van der Waals surface area contributed by atoms with E-state index in [2.05, 4.69) is 81.5 Å². The Balaban J connectivity index is 4.77. The van der Waals surface area contributed by atoms with Gasteiger partial charge in [0.25, 0.3) is 0 Å². The van der Waals surface area contributed by atoms with Gasteiger partial charge in [-0.15, -0.1) is 0 Å². The lowest BCUT2D eigenvalue weighted by Gasteiger charge is -2.21. The molecule has 12 heteroatoms. The monoisotopic (exact) mass is 1010 g/mol. The summed E-state index contributed by atoms with van der Waals surface area (Å²) in [6, 6.07) is 0. The highest BCUT2D eigenvalue weighted by atomic mass is 31.2. The highest BCUT2D eigenvalue weighted by Gasteiger charge is 2.28. The van der Waals surface area contributed by atoms with Gasteiger partial charge in [0, 0.05) is 19.3 Å². The van der Waals surface area contributed by atoms with Gasteiger partial charge in [0.2, 0.25) is 0 Å². The summed E-state index contributed by atoms with van der Waals surface area (Å²) in [6.45, 7) is 4.52. The lowest BCUT2D eigenvalue weighted by Crippen LogP contribution is -2.30. The molecule has 406 valence electrons. The topological polar surface area (TPSA) is 155 Å². The molecular formula is C58H103O11P. The fraction of sp³-hybridized carbons (Fsp3) is 0.776. The van der Waals surface area contributed by atoms with Crippen LogP contribution in [0.2, 0.25) is 0 Å². The van der Waals surface area contributed by atoms with Crippen molar-refractivity contribution in [3.63, 3.8) is 0 Å². The Labute approximate surface area is 427 Å². The highest BCUT2D eigenvalue weighted by molar-refractivity contribution is 7.47. The average Bonchev–Trinajstić information content (AvgIpc) is 3.35. The van der Waals surface area contributed by atoms with Crippen LogP contribution in [-0.2, 0) is 42.2 Å². The molecule has 3 atom stereocenters. The molecule has 0 aromatic heterocycles. The molecule has 0 aromatic carbocycles. The van der Waals surface area contributed by atoms with Crippen LogP contribution < -0.4 is 0 Å². The molecule has 0 aromatic rings. The number of carbonyl (C=O) groups excluding carboxylic acids is 3. The van der Waals surface area contributed by atoms with Crippen LogP contribution in [0.5, 0.6) is 0 Å². The highest BCUT2D eigenvalue weighted by Crippen LogP contribution is 2.43. The maximum absolute atomic E-state index is 12.9. The van der Waals surface area contributed by atoms with E-state index in [4.69, 9.17) is 23.3 Å². The van der Waals surface area contributed by atoms with E-state index in [9.17, 15) is 28.9 Å². The molecule has 3 unspecified atom stereocenters. The molecule has 0 radical (unpaired) electrons. The quantitative estimate of drug-likeness (QED) is 0.0197. The van der Waals surface area contributed by atoms with Gasteiger partial charge >= 0.3 is 25.7 Å². The number of hydrogen-bond acceptors (Lipinski definition) is 10. The van der Waals surface area contributed by atoms with Gasteiger partial charge in [0.15, 0.2) is 6.10 Å². The van der Waals surface area contributed by atoms with Gasteiger partial charge in [-0.25, -0.2) is 4.57 Å². The minimum atomic E-state index is -4.75. The zero-order valence-electron chi connectivity index (χ0n) is 44.7. The molecule has 0 fully saturated rings. The number of allylic oxidation sites excluding steroid dienone is 10. The smallest absolute Gasteiger partial charge is 0.462 e. The van der Waals surface area contributed by atoms with Crippen LogP contribution in [-0.4, -0.2) is 66.5 Å². The second-order valence-electron chi connectivity index (χ2n) is 18.7. The van der Waals surface area contributed by atoms with Crippen LogP contribution in [0, 0.1) is 0 Å². The number of aliphatic hydroxyl groups excluding tert-OH is 1. The van der Waals surface area contributed by atoms with Crippen molar-refractivity contribution in [3.05, 3.63) is 60.8 Å². The van der Waals surface area contributed by atoms with E-state index in [-0.39, 0.29) is 25.9 Å². The van der Waals surface area contributed by atoms with Crippen LogP contribution in [0.25, 0.3) is 0 Å². The summed E-state index contributed by atoms with van der Waals surface area (Å²) < 4.78 is 39.4. The number of phosphoric ester groups is 1. The van der Waals surface area contributed by atoms with Gasteiger partial charge in [-0.2, -0.15) is 0 Å². The maximum Gasteiger partial charge on any atom is 0.472 e. The van der Waals surface area contributed by atoms with Crippen LogP contribution in [0.1, 0.15) is 252 Å². The number of rotatable bonds is 52. The molecule has 70 heavy (non-hydrogen) atoms. The number of phosphoric acid groups is 1. The minimum Gasteiger partial charge on any atom is -0.462 e. The normalized spacial score (nSPS) is 13.8. The van der Waals surface area contributed by atoms with Crippen molar-refractivity contribution in [2.24, 2.45) is 0 Å². The van der Waals surface area contributed by atoms with E-state index in [0.717, 1.165) is 122 Å². The Bertz CT molecular complexity index is 1410. The molecule has 0 aliphatic heterocycles. The molecule has 0 saturated carbocycles. The van der Waals surface area contributed by atoms with Gasteiger partial charge in [0.1, 0.15) is 12.7 Å². The molecule has 11 nitrogen and oxygen atoms in total. The van der Waals surface area contributed by atoms with Crippen LogP contribution in [0.15, 0.2) is 60.8 Å². The first kappa shape index (κ1) is 67.2. The second kappa shape index (κ2) is 52.5. The van der Waals surface area contributed by atoms with Gasteiger partial charge in [-0.3, -0.25) is 23.4 Å². The number of esters is 3. The van der Waals surface area contributed by atoms with Crippen molar-refractivity contribution >= 4 is 25.7 Å². The predicted molar refractivity (Wildman–Crippen MR) is 288 cm³/mol. The third-order valence-electron chi connectivity index (χ3n) is 11.9. The SMILES string of the molecule is CCCC/C=C\CCCCCCCC(=O)OC(CO)COP(=O)(O)OCC(COC(=O)CCCCCCC/C=C\C/C=C\CCCCC)OC(=O)CCCCCCCCC/C=C\C/C=C\CCCCC. The molecule has 2 N–H and O–H groups in total. The van der Waals surface area contributed by atoms with Gasteiger partial charge in [0.05, 0.1) is 19.8 Å². The first-order valence-electron chi connectivity index (χ1n) is 28.2. The molecule has 0 bridgehead atoms. The first-order chi connectivity index (χ1) is 34.2. The summed E-state index contributed by atoms with van der Waals surface area (Å²) >= 11 is 0. The van der Waals surface area contributed by atoms with E-state index in [1.54, 1.807) is 0 Å². The Kier molecular flexibility index (Phi) is 50.4. The summed E-state index contributed by atoms with van der Waals surface area (Å²) in [7, 11) is -4.75. The number of unbranched alkanes of at least 4 members (excludes halogenated alkanes) is 25. The van der Waals surface area contributed by atoms with Crippen LogP contribution in [0.4, 0.5) is 0 Å². The molecule has 0 spiro atoms. The van der Waals surface area contributed by atoms with Crippen molar-refractivity contribution in [2.75, 3.05) is 26.4 Å². The standard InChI is InChI=1S/C58H103O11P/c1-4-7-10-13-16-19-22-24-26-27-29-31-34-37-40-43-46-49-58(62)69-55(51-65-56(60)47-44-41-38-35-33-30-28-25-23-20-17-14-11-8-5-2)53-67-70(63,64)66-52-54(50-59)68-57(61)48-45-42-39-36-32-21-18-15-12-9-6-3/h15-20,24-26,28,54-55,59H,4-14,21-23,27,29-53H2,1-3H3,(H,63,64)/b18-15-,19-16-,20-17-,26-24-,28-25-. The van der Waals surface area contributed by atoms with Crippen molar-refractivity contribution in [1.29, 1.82) is 0 Å². The lowest BCUT2D eigenvalue weighted by molar-refractivity contribution is -0.161. The van der Waals surface area contributed by atoms with E-state index in [1.807, 2.05) is 0 Å². The average molecular weight is 1010 g/mol.